The molecule has 2 aromatic rings. The lowest BCUT2D eigenvalue weighted by Gasteiger charge is -2.13. The molecular formula is C15H23N5. The Kier molecular flexibility index (Phi) is 4.71. The van der Waals surface area contributed by atoms with Crippen LogP contribution >= 0.6 is 0 Å². The first-order valence-electron chi connectivity index (χ1n) is 7.23. The fourth-order valence-electron chi connectivity index (χ4n) is 2.22. The zero-order valence-electron chi connectivity index (χ0n) is 12.8. The normalized spacial score (nSPS) is 10.8. The highest BCUT2D eigenvalue weighted by molar-refractivity contribution is 5.46. The molecule has 0 aromatic carbocycles. The average molecular weight is 273 g/mol. The third-order valence-electron chi connectivity index (χ3n) is 3.37. The summed E-state index contributed by atoms with van der Waals surface area (Å²) in [6.45, 7) is 10.1. The first kappa shape index (κ1) is 14.5. The van der Waals surface area contributed by atoms with Crippen LogP contribution in [0.5, 0.6) is 0 Å². The van der Waals surface area contributed by atoms with E-state index in [1.165, 1.54) is 0 Å². The summed E-state index contributed by atoms with van der Waals surface area (Å²) in [6.07, 6.45) is 5.68. The third kappa shape index (κ3) is 3.15. The van der Waals surface area contributed by atoms with E-state index >= 15 is 0 Å². The number of aromatic nitrogens is 4. The monoisotopic (exact) mass is 273 g/mol. The first-order chi connectivity index (χ1) is 9.65. The molecule has 2 heterocycles. The highest BCUT2D eigenvalue weighted by atomic mass is 15.1. The van der Waals surface area contributed by atoms with E-state index in [9.17, 15) is 0 Å². The minimum atomic E-state index is 0.747. The molecule has 108 valence electrons. The molecule has 0 aliphatic carbocycles. The predicted molar refractivity (Wildman–Crippen MR) is 81.0 cm³/mol. The van der Waals surface area contributed by atoms with Gasteiger partial charge in [-0.15, -0.1) is 0 Å². The van der Waals surface area contributed by atoms with E-state index in [1.807, 2.05) is 19.3 Å². The Morgan fingerprint density at radius 2 is 2.00 bits per heavy atom. The van der Waals surface area contributed by atoms with Crippen molar-refractivity contribution in [1.29, 1.82) is 0 Å². The molecule has 0 radical (unpaired) electrons. The van der Waals surface area contributed by atoms with Gasteiger partial charge in [0.15, 0.2) is 0 Å². The average Bonchev–Trinajstić information content (AvgIpc) is 2.88. The third-order valence-corrected chi connectivity index (χ3v) is 3.37. The lowest BCUT2D eigenvalue weighted by molar-refractivity contribution is 0.705. The van der Waals surface area contributed by atoms with Gasteiger partial charge in [0, 0.05) is 37.5 Å². The van der Waals surface area contributed by atoms with E-state index in [0.717, 1.165) is 54.7 Å². The molecule has 0 bridgehead atoms. The van der Waals surface area contributed by atoms with Gasteiger partial charge < -0.3 is 9.88 Å². The van der Waals surface area contributed by atoms with Crippen LogP contribution in [0.4, 0.5) is 5.82 Å². The van der Waals surface area contributed by atoms with E-state index in [2.05, 4.69) is 45.6 Å². The predicted octanol–water partition coefficient (Wildman–Crippen LogP) is 2.72. The van der Waals surface area contributed by atoms with Crippen molar-refractivity contribution in [2.75, 3.05) is 11.9 Å². The quantitative estimate of drug-likeness (QED) is 0.879. The van der Waals surface area contributed by atoms with Crippen molar-refractivity contribution in [3.05, 3.63) is 35.3 Å². The molecule has 2 rings (SSSR count). The van der Waals surface area contributed by atoms with Crippen LogP contribution in [0.2, 0.25) is 0 Å². The number of hydrogen-bond donors (Lipinski definition) is 1. The summed E-state index contributed by atoms with van der Waals surface area (Å²) >= 11 is 0. The number of imidazole rings is 1. The maximum atomic E-state index is 4.59. The molecule has 1 N–H and O–H groups in total. The molecule has 20 heavy (non-hydrogen) atoms. The van der Waals surface area contributed by atoms with Gasteiger partial charge in [0.1, 0.15) is 17.5 Å². The Morgan fingerprint density at radius 1 is 1.20 bits per heavy atom. The summed E-state index contributed by atoms with van der Waals surface area (Å²) in [5.74, 6) is 2.80. The van der Waals surface area contributed by atoms with Gasteiger partial charge in [-0.25, -0.2) is 15.0 Å². The van der Waals surface area contributed by atoms with E-state index in [0.29, 0.717) is 0 Å². The molecule has 5 heteroatoms. The van der Waals surface area contributed by atoms with Gasteiger partial charge in [-0.2, -0.15) is 0 Å². The number of rotatable bonds is 6. The molecule has 2 aromatic heterocycles. The molecule has 0 atom stereocenters. The van der Waals surface area contributed by atoms with Crippen molar-refractivity contribution >= 4 is 5.82 Å². The topological polar surface area (TPSA) is 55.6 Å². The van der Waals surface area contributed by atoms with E-state index < -0.39 is 0 Å². The van der Waals surface area contributed by atoms with Crippen molar-refractivity contribution in [3.8, 4) is 0 Å². The van der Waals surface area contributed by atoms with E-state index in [1.54, 1.807) is 0 Å². The number of nitrogens with zero attached hydrogens (tertiary/aromatic N) is 4. The Hall–Kier alpha value is -1.91. The van der Waals surface area contributed by atoms with Gasteiger partial charge in [-0.05, 0) is 27.2 Å². The van der Waals surface area contributed by atoms with Crippen LogP contribution in [-0.4, -0.2) is 26.1 Å². The summed E-state index contributed by atoms with van der Waals surface area (Å²) in [6, 6.07) is 0. The molecule has 0 aliphatic rings. The fourth-order valence-corrected chi connectivity index (χ4v) is 2.22. The zero-order chi connectivity index (χ0) is 14.5. The Labute approximate surface area is 120 Å². The van der Waals surface area contributed by atoms with Crippen LogP contribution in [0.15, 0.2) is 12.4 Å². The first-order valence-corrected chi connectivity index (χ1v) is 7.23. The maximum absolute atomic E-state index is 4.59. The van der Waals surface area contributed by atoms with Gasteiger partial charge in [0.25, 0.3) is 0 Å². The van der Waals surface area contributed by atoms with E-state index in [4.69, 9.17) is 0 Å². The largest absolute Gasteiger partial charge is 0.370 e. The van der Waals surface area contributed by atoms with Gasteiger partial charge in [0.2, 0.25) is 0 Å². The number of hydrogen-bond acceptors (Lipinski definition) is 4. The maximum Gasteiger partial charge on any atom is 0.132 e. The van der Waals surface area contributed by atoms with Crippen LogP contribution in [0.3, 0.4) is 0 Å². The highest BCUT2D eigenvalue weighted by Crippen LogP contribution is 2.18. The summed E-state index contributed by atoms with van der Waals surface area (Å²) < 4.78 is 2.15. The van der Waals surface area contributed by atoms with Crippen molar-refractivity contribution in [2.45, 2.75) is 47.1 Å². The second kappa shape index (κ2) is 6.50. The summed E-state index contributed by atoms with van der Waals surface area (Å²) in [5, 5.41) is 3.37. The second-order valence-electron chi connectivity index (χ2n) is 4.92. The van der Waals surface area contributed by atoms with Gasteiger partial charge in [-0.1, -0.05) is 6.92 Å². The van der Waals surface area contributed by atoms with Crippen LogP contribution in [0, 0.1) is 13.8 Å². The molecule has 0 unspecified atom stereocenters. The van der Waals surface area contributed by atoms with Gasteiger partial charge >= 0.3 is 0 Å². The van der Waals surface area contributed by atoms with Crippen LogP contribution in [0.25, 0.3) is 0 Å². The standard InChI is InChI=1S/C15H23N5/c1-5-7-17-15-11(3)13(18-12(4)19-15)10-14-16-8-9-20(14)6-2/h8-9H,5-7,10H2,1-4H3,(H,17,18,19). The minimum Gasteiger partial charge on any atom is -0.370 e. The minimum absolute atomic E-state index is 0.747. The number of nitrogens with one attached hydrogen (secondary N) is 1. The highest BCUT2D eigenvalue weighted by Gasteiger charge is 2.12. The van der Waals surface area contributed by atoms with Crippen molar-refractivity contribution in [2.24, 2.45) is 0 Å². The lowest BCUT2D eigenvalue weighted by atomic mass is 10.1. The second-order valence-corrected chi connectivity index (χ2v) is 4.92. The van der Waals surface area contributed by atoms with Gasteiger partial charge in [-0.3, -0.25) is 0 Å². The summed E-state index contributed by atoms with van der Waals surface area (Å²) in [5.41, 5.74) is 2.17. The van der Waals surface area contributed by atoms with Crippen LogP contribution in [-0.2, 0) is 13.0 Å². The Morgan fingerprint density at radius 3 is 2.70 bits per heavy atom. The zero-order valence-corrected chi connectivity index (χ0v) is 12.8. The molecule has 0 aliphatic heterocycles. The lowest BCUT2D eigenvalue weighted by Crippen LogP contribution is -2.11. The van der Waals surface area contributed by atoms with Crippen molar-refractivity contribution in [3.63, 3.8) is 0 Å². The molecular weight excluding hydrogens is 250 g/mol. The van der Waals surface area contributed by atoms with Crippen LogP contribution in [0.1, 0.15) is 43.2 Å². The smallest absolute Gasteiger partial charge is 0.132 e. The SMILES string of the molecule is CCCNc1nc(C)nc(Cc2nccn2CC)c1C. The Bertz CT molecular complexity index is 574. The molecule has 0 fully saturated rings. The molecule has 0 amide bonds. The Balaban J connectivity index is 2.29. The van der Waals surface area contributed by atoms with Crippen molar-refractivity contribution < 1.29 is 0 Å². The molecule has 0 spiro atoms. The fraction of sp³-hybridized carbons (Fsp3) is 0.533. The summed E-state index contributed by atoms with van der Waals surface area (Å²) in [7, 11) is 0. The summed E-state index contributed by atoms with van der Waals surface area (Å²) in [4.78, 5) is 13.5. The van der Waals surface area contributed by atoms with Gasteiger partial charge in [0.05, 0.1) is 5.69 Å². The van der Waals surface area contributed by atoms with Crippen molar-refractivity contribution in [1.82, 2.24) is 19.5 Å². The molecule has 0 saturated heterocycles. The molecule has 5 nitrogen and oxygen atoms in total. The number of anilines is 1. The number of aryl methyl sites for hydroxylation is 2. The van der Waals surface area contributed by atoms with E-state index in [-0.39, 0.29) is 0 Å². The molecule has 0 saturated carbocycles. The van der Waals surface area contributed by atoms with Crippen LogP contribution < -0.4 is 5.32 Å².